The van der Waals surface area contributed by atoms with Gasteiger partial charge in [-0.2, -0.15) is 4.98 Å². The van der Waals surface area contributed by atoms with Gasteiger partial charge in [-0.1, -0.05) is 5.57 Å². The molecule has 0 aliphatic carbocycles. The molecule has 76 valence electrons. The quantitative estimate of drug-likeness (QED) is 0.614. The highest BCUT2D eigenvalue weighted by atomic mass is 79.9. The molecule has 1 heterocycles. The molecule has 1 aromatic rings. The molecular formula is C10H13BrN2O. The molecule has 0 aliphatic heterocycles. The molecule has 0 fully saturated rings. The first-order chi connectivity index (χ1) is 6.58. The summed E-state index contributed by atoms with van der Waals surface area (Å²) in [6.07, 6.45) is 0.848. The molecular weight excluding hydrogens is 244 g/mol. The summed E-state index contributed by atoms with van der Waals surface area (Å²) in [6.45, 7) is 8.22. The second-order valence-corrected chi connectivity index (χ2v) is 3.94. The van der Waals surface area contributed by atoms with Crippen molar-refractivity contribution in [1.82, 2.24) is 9.97 Å². The molecule has 0 unspecified atom stereocenters. The van der Waals surface area contributed by atoms with Crippen molar-refractivity contribution in [3.63, 3.8) is 0 Å². The lowest BCUT2D eigenvalue weighted by molar-refractivity contribution is 0.307. The van der Waals surface area contributed by atoms with Crippen molar-refractivity contribution in [2.45, 2.75) is 20.3 Å². The van der Waals surface area contributed by atoms with Crippen molar-refractivity contribution in [3.05, 3.63) is 28.6 Å². The van der Waals surface area contributed by atoms with Gasteiger partial charge in [0, 0.05) is 12.5 Å². The first-order valence-electron chi connectivity index (χ1n) is 4.36. The summed E-state index contributed by atoms with van der Waals surface area (Å²) in [5.74, 6) is 1.30. The maximum atomic E-state index is 5.44. The van der Waals surface area contributed by atoms with Gasteiger partial charge in [-0.05, 0) is 29.8 Å². The summed E-state index contributed by atoms with van der Waals surface area (Å²) in [4.78, 5) is 8.22. The minimum absolute atomic E-state index is 0.602. The smallest absolute Gasteiger partial charge is 0.217 e. The van der Waals surface area contributed by atoms with Gasteiger partial charge in [-0.15, -0.1) is 6.58 Å². The van der Waals surface area contributed by atoms with Crippen LogP contribution in [0, 0.1) is 6.92 Å². The number of rotatable bonds is 4. The first-order valence-corrected chi connectivity index (χ1v) is 5.15. The van der Waals surface area contributed by atoms with Gasteiger partial charge in [-0.25, -0.2) is 4.98 Å². The molecule has 3 nitrogen and oxygen atoms in total. The topological polar surface area (TPSA) is 35.0 Å². The first kappa shape index (κ1) is 11.2. The third-order valence-corrected chi connectivity index (χ3v) is 1.97. The van der Waals surface area contributed by atoms with E-state index in [1.807, 2.05) is 13.8 Å². The van der Waals surface area contributed by atoms with Crippen LogP contribution in [-0.4, -0.2) is 16.6 Å². The summed E-state index contributed by atoms with van der Waals surface area (Å²) in [7, 11) is 0. The number of aromatic nitrogens is 2. The molecule has 14 heavy (non-hydrogen) atoms. The zero-order chi connectivity index (χ0) is 10.6. The highest BCUT2D eigenvalue weighted by molar-refractivity contribution is 9.10. The van der Waals surface area contributed by atoms with Crippen LogP contribution in [0.4, 0.5) is 0 Å². The molecule has 0 bridgehead atoms. The fourth-order valence-corrected chi connectivity index (χ4v) is 1.36. The normalized spacial score (nSPS) is 9.93. The predicted octanol–water partition coefficient (Wildman–Crippen LogP) is 2.89. The molecule has 0 saturated carbocycles. The van der Waals surface area contributed by atoms with Gasteiger partial charge in [0.1, 0.15) is 10.4 Å². The van der Waals surface area contributed by atoms with Gasteiger partial charge in [0.15, 0.2) is 0 Å². The van der Waals surface area contributed by atoms with Crippen molar-refractivity contribution < 1.29 is 4.74 Å². The Balaban J connectivity index is 2.54. The van der Waals surface area contributed by atoms with Crippen molar-refractivity contribution in [1.29, 1.82) is 0 Å². The summed E-state index contributed by atoms with van der Waals surface area (Å²) in [6, 6.07) is 1.76. The fourth-order valence-electron chi connectivity index (χ4n) is 0.909. The van der Waals surface area contributed by atoms with E-state index >= 15 is 0 Å². The maximum absolute atomic E-state index is 5.44. The minimum atomic E-state index is 0.602. The van der Waals surface area contributed by atoms with E-state index in [0.717, 1.165) is 16.6 Å². The third-order valence-electron chi connectivity index (χ3n) is 1.56. The van der Waals surface area contributed by atoms with Crippen LogP contribution in [0.25, 0.3) is 0 Å². The van der Waals surface area contributed by atoms with Crippen molar-refractivity contribution in [2.24, 2.45) is 0 Å². The van der Waals surface area contributed by atoms with Gasteiger partial charge in [-0.3, -0.25) is 0 Å². The van der Waals surface area contributed by atoms with Gasteiger partial charge in [0.2, 0.25) is 5.88 Å². The molecule has 0 saturated heterocycles. The Bertz CT molecular complexity index is 319. The summed E-state index contributed by atoms with van der Waals surface area (Å²) >= 11 is 3.29. The largest absolute Gasteiger partial charge is 0.477 e. The molecule has 1 aromatic heterocycles. The van der Waals surface area contributed by atoms with Crippen LogP contribution in [0.5, 0.6) is 5.88 Å². The van der Waals surface area contributed by atoms with Crippen LogP contribution < -0.4 is 4.74 Å². The number of hydrogen-bond donors (Lipinski definition) is 0. The number of nitrogens with zero attached hydrogens (tertiary/aromatic N) is 2. The monoisotopic (exact) mass is 256 g/mol. The standard InChI is InChI=1S/C10H13BrN2O/c1-7(2)4-5-14-10-6-9(11)12-8(3)13-10/h6H,1,4-5H2,2-3H3. The molecule has 0 aromatic carbocycles. The van der Waals surface area contributed by atoms with Gasteiger partial charge in [0.25, 0.3) is 0 Å². The molecule has 0 N–H and O–H groups in total. The SMILES string of the molecule is C=C(C)CCOc1cc(Br)nc(C)n1. The van der Waals surface area contributed by atoms with Gasteiger partial charge >= 0.3 is 0 Å². The second kappa shape index (κ2) is 5.10. The second-order valence-electron chi connectivity index (χ2n) is 3.13. The summed E-state index contributed by atoms with van der Waals surface area (Å²) in [5, 5.41) is 0. The molecule has 0 aliphatic rings. The van der Waals surface area contributed by atoms with Crippen LogP contribution in [0.3, 0.4) is 0 Å². The lowest BCUT2D eigenvalue weighted by Crippen LogP contribution is -2.01. The summed E-state index contributed by atoms with van der Waals surface area (Å²) in [5.41, 5.74) is 1.11. The van der Waals surface area contributed by atoms with E-state index in [9.17, 15) is 0 Å². The number of aryl methyl sites for hydroxylation is 1. The summed E-state index contributed by atoms with van der Waals surface area (Å²) < 4.78 is 6.18. The Kier molecular flexibility index (Phi) is 4.07. The lowest BCUT2D eigenvalue weighted by Gasteiger charge is -2.05. The van der Waals surface area contributed by atoms with E-state index in [-0.39, 0.29) is 0 Å². The molecule has 0 atom stereocenters. The van der Waals surface area contributed by atoms with E-state index in [1.54, 1.807) is 6.07 Å². The lowest BCUT2D eigenvalue weighted by atomic mass is 10.3. The van der Waals surface area contributed by atoms with Crippen LogP contribution in [0.15, 0.2) is 22.8 Å². The van der Waals surface area contributed by atoms with E-state index in [0.29, 0.717) is 18.3 Å². The Hall–Kier alpha value is -0.900. The van der Waals surface area contributed by atoms with Crippen LogP contribution >= 0.6 is 15.9 Å². The third kappa shape index (κ3) is 3.87. The Morgan fingerprint density at radius 1 is 1.57 bits per heavy atom. The van der Waals surface area contributed by atoms with Crippen molar-refractivity contribution >= 4 is 15.9 Å². The minimum Gasteiger partial charge on any atom is -0.477 e. The van der Waals surface area contributed by atoms with E-state index < -0.39 is 0 Å². The Labute approximate surface area is 92.4 Å². The number of halogens is 1. The van der Waals surface area contributed by atoms with E-state index in [1.165, 1.54) is 0 Å². The fraction of sp³-hybridized carbons (Fsp3) is 0.400. The highest BCUT2D eigenvalue weighted by Crippen LogP contribution is 2.14. The number of hydrogen-bond acceptors (Lipinski definition) is 3. The van der Waals surface area contributed by atoms with Crippen LogP contribution in [-0.2, 0) is 0 Å². The zero-order valence-electron chi connectivity index (χ0n) is 8.38. The average molecular weight is 257 g/mol. The molecule has 0 spiro atoms. The maximum Gasteiger partial charge on any atom is 0.217 e. The molecule has 0 amide bonds. The van der Waals surface area contributed by atoms with Crippen LogP contribution in [0.1, 0.15) is 19.2 Å². The Morgan fingerprint density at radius 2 is 2.29 bits per heavy atom. The van der Waals surface area contributed by atoms with Gasteiger partial charge in [0.05, 0.1) is 6.61 Å². The highest BCUT2D eigenvalue weighted by Gasteiger charge is 2.00. The Morgan fingerprint density at radius 3 is 2.86 bits per heavy atom. The van der Waals surface area contributed by atoms with Crippen LogP contribution in [0.2, 0.25) is 0 Å². The van der Waals surface area contributed by atoms with Gasteiger partial charge < -0.3 is 4.74 Å². The number of ether oxygens (including phenoxy) is 1. The average Bonchev–Trinajstić information content (AvgIpc) is 2.01. The van der Waals surface area contributed by atoms with Crippen molar-refractivity contribution in [3.8, 4) is 5.88 Å². The van der Waals surface area contributed by atoms with E-state index in [2.05, 4.69) is 32.5 Å². The molecule has 1 rings (SSSR count). The zero-order valence-corrected chi connectivity index (χ0v) is 9.97. The predicted molar refractivity (Wildman–Crippen MR) is 59.4 cm³/mol. The molecule has 0 radical (unpaired) electrons. The van der Waals surface area contributed by atoms with E-state index in [4.69, 9.17) is 4.74 Å². The van der Waals surface area contributed by atoms with Crippen molar-refractivity contribution in [2.75, 3.05) is 6.61 Å². The molecule has 4 heteroatoms.